The first-order valence-electron chi connectivity index (χ1n) is 10.9. The van der Waals surface area contributed by atoms with E-state index < -0.39 is 0 Å². The van der Waals surface area contributed by atoms with Crippen molar-refractivity contribution in [3.05, 3.63) is 42.4 Å². The maximum atomic E-state index is 13.3. The van der Waals surface area contributed by atoms with Gasteiger partial charge in [-0.05, 0) is 32.0 Å². The molecular formula is C23H26N8O2. The minimum Gasteiger partial charge on any atom is -0.479 e. The number of benzene rings is 1. The number of carbonyl (C=O) groups is 1. The second-order valence-corrected chi connectivity index (χ2v) is 8.47. The monoisotopic (exact) mass is 446 g/mol. The maximum absolute atomic E-state index is 13.3. The lowest BCUT2D eigenvalue weighted by molar-refractivity contribution is 0.102. The van der Waals surface area contributed by atoms with Crippen molar-refractivity contribution in [2.24, 2.45) is 7.05 Å². The zero-order valence-electron chi connectivity index (χ0n) is 19.0. The Balaban J connectivity index is 1.50. The van der Waals surface area contributed by atoms with E-state index in [0.29, 0.717) is 45.9 Å². The number of anilines is 2. The van der Waals surface area contributed by atoms with Gasteiger partial charge in [-0.15, -0.1) is 0 Å². The molecule has 5 rings (SSSR count). The number of fused-ring (bicyclic) bond motifs is 2. The van der Waals surface area contributed by atoms with Gasteiger partial charge in [-0.25, -0.2) is 0 Å². The molecule has 33 heavy (non-hydrogen) atoms. The van der Waals surface area contributed by atoms with Crippen LogP contribution >= 0.6 is 0 Å². The molecule has 2 atom stereocenters. The summed E-state index contributed by atoms with van der Waals surface area (Å²) in [6.07, 6.45) is 5.11. The first kappa shape index (κ1) is 21.1. The minimum absolute atomic E-state index is 0.313. The number of rotatable bonds is 4. The number of carbonyl (C=O) groups excluding carboxylic acids is 1. The second kappa shape index (κ2) is 8.28. The van der Waals surface area contributed by atoms with E-state index in [-0.39, 0.29) is 5.91 Å². The van der Waals surface area contributed by atoms with E-state index in [1.54, 1.807) is 29.2 Å². The maximum Gasteiger partial charge on any atom is 0.259 e. The highest BCUT2D eigenvalue weighted by molar-refractivity contribution is 6.13. The zero-order valence-corrected chi connectivity index (χ0v) is 19.0. The van der Waals surface area contributed by atoms with Crippen LogP contribution in [-0.4, -0.2) is 62.9 Å². The SMILES string of the molecule is COc1nc(NC(=O)c2ccc(N3C[C@@H](C)N[C@@H](C)C3)c3nccnc23)cc2cn(C)nc12. The molecule has 4 heterocycles. The van der Waals surface area contributed by atoms with E-state index in [1.807, 2.05) is 19.3 Å². The van der Waals surface area contributed by atoms with E-state index in [4.69, 9.17) is 4.74 Å². The van der Waals surface area contributed by atoms with Crippen molar-refractivity contribution in [1.82, 2.24) is 30.0 Å². The third kappa shape index (κ3) is 3.93. The number of nitrogens with zero attached hydrogens (tertiary/aromatic N) is 6. The smallest absolute Gasteiger partial charge is 0.259 e. The van der Waals surface area contributed by atoms with Gasteiger partial charge in [0.1, 0.15) is 16.9 Å². The topological polar surface area (TPSA) is 110 Å². The second-order valence-electron chi connectivity index (χ2n) is 8.47. The summed E-state index contributed by atoms with van der Waals surface area (Å²) in [5.74, 6) is 0.417. The van der Waals surface area contributed by atoms with Crippen molar-refractivity contribution in [3.63, 3.8) is 0 Å². The fourth-order valence-electron chi connectivity index (χ4n) is 4.52. The third-order valence-electron chi connectivity index (χ3n) is 5.76. The van der Waals surface area contributed by atoms with Gasteiger partial charge >= 0.3 is 0 Å². The van der Waals surface area contributed by atoms with Gasteiger partial charge in [0.25, 0.3) is 5.91 Å². The summed E-state index contributed by atoms with van der Waals surface area (Å²) in [5, 5.41) is 11.6. The number of hydrogen-bond acceptors (Lipinski definition) is 8. The summed E-state index contributed by atoms with van der Waals surface area (Å²) in [6.45, 7) is 6.05. The van der Waals surface area contributed by atoms with E-state index in [2.05, 4.69) is 49.4 Å². The minimum atomic E-state index is -0.313. The number of pyridine rings is 1. The Bertz CT molecular complexity index is 1340. The number of aromatic nitrogens is 5. The molecule has 3 aromatic heterocycles. The van der Waals surface area contributed by atoms with Gasteiger partial charge in [-0.1, -0.05) is 0 Å². The van der Waals surface area contributed by atoms with Crippen molar-refractivity contribution in [2.45, 2.75) is 25.9 Å². The van der Waals surface area contributed by atoms with Gasteiger partial charge in [0.2, 0.25) is 5.88 Å². The molecule has 0 spiro atoms. The van der Waals surface area contributed by atoms with Crippen LogP contribution in [0.25, 0.3) is 21.9 Å². The van der Waals surface area contributed by atoms with Gasteiger partial charge in [-0.2, -0.15) is 10.1 Å². The molecule has 1 aliphatic rings. The molecule has 0 aliphatic carbocycles. The van der Waals surface area contributed by atoms with Gasteiger partial charge < -0.3 is 20.3 Å². The number of nitrogens with one attached hydrogen (secondary N) is 2. The molecule has 10 nitrogen and oxygen atoms in total. The first-order valence-corrected chi connectivity index (χ1v) is 10.9. The molecule has 170 valence electrons. The van der Waals surface area contributed by atoms with Crippen molar-refractivity contribution < 1.29 is 9.53 Å². The van der Waals surface area contributed by atoms with Crippen LogP contribution in [0.2, 0.25) is 0 Å². The molecule has 1 aromatic carbocycles. The number of hydrogen-bond donors (Lipinski definition) is 2. The number of aryl methyl sites for hydroxylation is 1. The lowest BCUT2D eigenvalue weighted by Gasteiger charge is -2.38. The standard InChI is InChI=1S/C23H26N8O2/c1-13-10-31(11-14(2)26-13)17-6-5-16(20-21(17)25-8-7-24-20)22(32)27-18-9-15-12-30(3)29-19(15)23(28-18)33-4/h5-9,12-14,26H,10-11H2,1-4H3,(H,27,32)/t13-,14+. The van der Waals surface area contributed by atoms with E-state index in [0.717, 1.165) is 24.2 Å². The summed E-state index contributed by atoms with van der Waals surface area (Å²) in [5.41, 5.74) is 3.31. The zero-order chi connectivity index (χ0) is 23.1. The van der Waals surface area contributed by atoms with Crippen molar-refractivity contribution >= 4 is 39.3 Å². The molecule has 4 aromatic rings. The van der Waals surface area contributed by atoms with Gasteiger partial charge in [0.15, 0.2) is 5.52 Å². The number of methoxy groups -OCH3 is 1. The molecule has 10 heteroatoms. The summed E-state index contributed by atoms with van der Waals surface area (Å²) < 4.78 is 7.05. The predicted octanol–water partition coefficient (Wildman–Crippen LogP) is 2.36. The largest absolute Gasteiger partial charge is 0.479 e. The number of piperazine rings is 1. The average molecular weight is 447 g/mol. The molecule has 1 amide bonds. The highest BCUT2D eigenvalue weighted by atomic mass is 16.5. The van der Waals surface area contributed by atoms with E-state index in [1.165, 1.54) is 7.11 Å². The Hall–Kier alpha value is -3.79. The van der Waals surface area contributed by atoms with E-state index >= 15 is 0 Å². The van der Waals surface area contributed by atoms with Crippen LogP contribution in [0.3, 0.4) is 0 Å². The van der Waals surface area contributed by atoms with E-state index in [9.17, 15) is 4.79 Å². The van der Waals surface area contributed by atoms with Crippen LogP contribution in [0.1, 0.15) is 24.2 Å². The summed E-state index contributed by atoms with van der Waals surface area (Å²) in [4.78, 5) is 29.0. The fraction of sp³-hybridized carbons (Fsp3) is 0.348. The van der Waals surface area contributed by atoms with Gasteiger partial charge in [0.05, 0.1) is 18.4 Å². The molecule has 0 saturated carbocycles. The predicted molar refractivity (Wildman–Crippen MR) is 127 cm³/mol. The Labute approximate surface area is 191 Å². The molecule has 1 fully saturated rings. The molecule has 1 aliphatic heterocycles. The van der Waals surface area contributed by atoms with Crippen molar-refractivity contribution in [1.29, 1.82) is 0 Å². The molecule has 0 bridgehead atoms. The van der Waals surface area contributed by atoms with Crippen LogP contribution in [0, 0.1) is 0 Å². The van der Waals surface area contributed by atoms with Crippen LogP contribution in [-0.2, 0) is 7.05 Å². The van der Waals surface area contributed by atoms with Crippen LogP contribution in [0.5, 0.6) is 5.88 Å². The highest BCUT2D eigenvalue weighted by Gasteiger charge is 2.25. The lowest BCUT2D eigenvalue weighted by atomic mass is 10.1. The third-order valence-corrected chi connectivity index (χ3v) is 5.76. The average Bonchev–Trinajstić information content (AvgIpc) is 3.17. The van der Waals surface area contributed by atoms with Gasteiger partial charge in [0, 0.05) is 56.2 Å². The molecule has 1 saturated heterocycles. The Morgan fingerprint density at radius 2 is 1.85 bits per heavy atom. The highest BCUT2D eigenvalue weighted by Crippen LogP contribution is 2.29. The van der Waals surface area contributed by atoms with Crippen molar-refractivity contribution in [2.75, 3.05) is 30.4 Å². The normalized spacial score (nSPS) is 18.6. The summed E-state index contributed by atoms with van der Waals surface area (Å²) >= 11 is 0. The Morgan fingerprint density at radius 3 is 2.58 bits per heavy atom. The molecule has 0 unspecified atom stereocenters. The lowest BCUT2D eigenvalue weighted by Crippen LogP contribution is -2.54. The van der Waals surface area contributed by atoms with Gasteiger partial charge in [-0.3, -0.25) is 19.4 Å². The van der Waals surface area contributed by atoms with Crippen molar-refractivity contribution in [3.8, 4) is 5.88 Å². The Morgan fingerprint density at radius 1 is 1.12 bits per heavy atom. The molecule has 0 radical (unpaired) electrons. The number of ether oxygens (including phenoxy) is 1. The molecule has 2 N–H and O–H groups in total. The first-order chi connectivity index (χ1) is 15.9. The summed E-state index contributed by atoms with van der Waals surface area (Å²) in [6, 6.07) is 6.24. The number of amides is 1. The fourth-order valence-corrected chi connectivity index (χ4v) is 4.52. The van der Waals surface area contributed by atoms with Crippen LogP contribution in [0.15, 0.2) is 36.8 Å². The summed E-state index contributed by atoms with van der Waals surface area (Å²) in [7, 11) is 3.35. The quantitative estimate of drug-likeness (QED) is 0.492. The van der Waals surface area contributed by atoms with Crippen LogP contribution < -0.4 is 20.3 Å². The van der Waals surface area contributed by atoms with Crippen LogP contribution in [0.4, 0.5) is 11.5 Å². The molecular weight excluding hydrogens is 420 g/mol. The Kier molecular flexibility index (Phi) is 5.29.